The number of carboxylic acids is 1. The van der Waals surface area contributed by atoms with Crippen molar-refractivity contribution >= 4 is 11.7 Å². The van der Waals surface area contributed by atoms with Crippen molar-refractivity contribution in [1.82, 2.24) is 10.2 Å². The van der Waals surface area contributed by atoms with Gasteiger partial charge in [0.25, 0.3) is 0 Å². The largest absolute Gasteiger partial charge is 0.478 e. The zero-order chi connectivity index (χ0) is 14.4. The minimum absolute atomic E-state index is 0.0211. The zero-order valence-electron chi connectivity index (χ0n) is 11.4. The number of carbonyl (C=O) groups is 1. The van der Waals surface area contributed by atoms with E-state index < -0.39 is 11.8 Å². The number of para-hydroxylation sites is 1. The Morgan fingerprint density at radius 3 is 2.85 bits per heavy atom. The Kier molecular flexibility index (Phi) is 5.31. The molecule has 0 atom stereocenters. The van der Waals surface area contributed by atoms with Crippen LogP contribution in [0.15, 0.2) is 18.2 Å². The molecular formula is C14H20FN3O2. The molecule has 20 heavy (non-hydrogen) atoms. The van der Waals surface area contributed by atoms with Crippen LogP contribution in [0.1, 0.15) is 16.8 Å². The number of anilines is 1. The Morgan fingerprint density at radius 2 is 2.15 bits per heavy atom. The van der Waals surface area contributed by atoms with Gasteiger partial charge in [-0.1, -0.05) is 6.07 Å². The number of hydrogen-bond donors (Lipinski definition) is 3. The highest BCUT2D eigenvalue weighted by Gasteiger charge is 2.14. The van der Waals surface area contributed by atoms with Crippen molar-refractivity contribution < 1.29 is 14.3 Å². The van der Waals surface area contributed by atoms with Gasteiger partial charge >= 0.3 is 5.97 Å². The summed E-state index contributed by atoms with van der Waals surface area (Å²) in [5, 5.41) is 15.2. The van der Waals surface area contributed by atoms with E-state index in [-0.39, 0.29) is 11.3 Å². The van der Waals surface area contributed by atoms with E-state index >= 15 is 0 Å². The molecule has 1 aromatic carbocycles. The Labute approximate surface area is 117 Å². The summed E-state index contributed by atoms with van der Waals surface area (Å²) in [7, 11) is 0. The molecule has 1 aliphatic heterocycles. The summed E-state index contributed by atoms with van der Waals surface area (Å²) in [5.74, 6) is -1.64. The summed E-state index contributed by atoms with van der Waals surface area (Å²) in [6.07, 6.45) is 0.855. The summed E-state index contributed by atoms with van der Waals surface area (Å²) < 4.78 is 13.6. The number of nitrogens with zero attached hydrogens (tertiary/aromatic N) is 1. The average molecular weight is 281 g/mol. The van der Waals surface area contributed by atoms with Crippen LogP contribution >= 0.6 is 0 Å². The molecule has 0 bridgehead atoms. The molecule has 1 heterocycles. The van der Waals surface area contributed by atoms with Gasteiger partial charge in [0.05, 0.1) is 11.3 Å². The fourth-order valence-corrected chi connectivity index (χ4v) is 2.33. The van der Waals surface area contributed by atoms with Crippen LogP contribution in [-0.2, 0) is 0 Å². The highest BCUT2D eigenvalue weighted by Crippen LogP contribution is 2.19. The predicted octanol–water partition coefficient (Wildman–Crippen LogP) is 1.23. The van der Waals surface area contributed by atoms with E-state index in [0.29, 0.717) is 6.54 Å². The van der Waals surface area contributed by atoms with Crippen LogP contribution in [-0.4, -0.2) is 55.2 Å². The molecule has 2 rings (SSSR count). The average Bonchev–Trinajstić information content (AvgIpc) is 2.45. The molecule has 1 saturated heterocycles. The third-order valence-corrected chi connectivity index (χ3v) is 3.41. The van der Waals surface area contributed by atoms with Crippen molar-refractivity contribution in [2.75, 3.05) is 44.6 Å². The summed E-state index contributed by atoms with van der Waals surface area (Å²) in [6, 6.07) is 4.08. The predicted molar refractivity (Wildman–Crippen MR) is 75.8 cm³/mol. The standard InChI is InChI=1S/C14H20FN3O2/c15-12-4-1-3-11(14(19)20)13(12)17-5-2-8-18-9-6-16-7-10-18/h1,3-4,16-17H,2,5-10H2,(H,19,20). The van der Waals surface area contributed by atoms with Gasteiger partial charge in [0.2, 0.25) is 0 Å². The van der Waals surface area contributed by atoms with Crippen LogP contribution < -0.4 is 10.6 Å². The second-order valence-corrected chi connectivity index (χ2v) is 4.84. The lowest BCUT2D eigenvalue weighted by atomic mass is 10.1. The number of hydrogen-bond acceptors (Lipinski definition) is 4. The van der Waals surface area contributed by atoms with Crippen LogP contribution in [0, 0.1) is 5.82 Å². The molecule has 0 spiro atoms. The first-order valence-corrected chi connectivity index (χ1v) is 6.87. The Morgan fingerprint density at radius 1 is 1.40 bits per heavy atom. The van der Waals surface area contributed by atoms with Crippen molar-refractivity contribution in [1.29, 1.82) is 0 Å². The van der Waals surface area contributed by atoms with Crippen LogP contribution in [0.2, 0.25) is 0 Å². The van der Waals surface area contributed by atoms with Crippen LogP contribution in [0.3, 0.4) is 0 Å². The molecule has 0 radical (unpaired) electrons. The van der Waals surface area contributed by atoms with Crippen LogP contribution in [0.5, 0.6) is 0 Å². The van der Waals surface area contributed by atoms with Crippen molar-refractivity contribution in [3.05, 3.63) is 29.6 Å². The Balaban J connectivity index is 1.83. The first kappa shape index (κ1) is 14.7. The first-order chi connectivity index (χ1) is 9.68. The summed E-state index contributed by atoms with van der Waals surface area (Å²) >= 11 is 0. The molecule has 0 aliphatic carbocycles. The van der Waals surface area contributed by atoms with Gasteiger partial charge in [0, 0.05) is 32.7 Å². The quantitative estimate of drug-likeness (QED) is 0.685. The summed E-state index contributed by atoms with van der Waals surface area (Å²) in [4.78, 5) is 13.4. The van der Waals surface area contributed by atoms with E-state index in [0.717, 1.165) is 39.1 Å². The van der Waals surface area contributed by atoms with Crippen LogP contribution in [0.25, 0.3) is 0 Å². The molecule has 110 valence electrons. The molecule has 5 nitrogen and oxygen atoms in total. The van der Waals surface area contributed by atoms with E-state index in [1.54, 1.807) is 0 Å². The molecular weight excluding hydrogens is 261 g/mol. The Hall–Kier alpha value is -1.66. The normalized spacial score (nSPS) is 16.1. The smallest absolute Gasteiger partial charge is 0.337 e. The second kappa shape index (κ2) is 7.21. The third kappa shape index (κ3) is 3.91. The van der Waals surface area contributed by atoms with Gasteiger partial charge in [0.1, 0.15) is 5.82 Å². The number of carboxylic acid groups (broad SMARTS) is 1. The number of benzene rings is 1. The van der Waals surface area contributed by atoms with Crippen LogP contribution in [0.4, 0.5) is 10.1 Å². The highest BCUT2D eigenvalue weighted by molar-refractivity contribution is 5.94. The number of rotatable bonds is 6. The lowest BCUT2D eigenvalue weighted by Gasteiger charge is -2.27. The summed E-state index contributed by atoms with van der Waals surface area (Å²) in [5.41, 5.74) is 0.0625. The van der Waals surface area contributed by atoms with E-state index in [9.17, 15) is 9.18 Å². The minimum atomic E-state index is -1.12. The molecule has 3 N–H and O–H groups in total. The number of nitrogens with one attached hydrogen (secondary N) is 2. The molecule has 6 heteroatoms. The van der Waals surface area contributed by atoms with E-state index in [1.807, 2.05) is 0 Å². The topological polar surface area (TPSA) is 64.6 Å². The maximum Gasteiger partial charge on any atom is 0.337 e. The van der Waals surface area contributed by atoms with Gasteiger partial charge in [-0.15, -0.1) is 0 Å². The SMILES string of the molecule is O=C(O)c1cccc(F)c1NCCCN1CCNCC1. The zero-order valence-corrected chi connectivity index (χ0v) is 11.4. The molecule has 0 aromatic heterocycles. The number of piperazine rings is 1. The second-order valence-electron chi connectivity index (χ2n) is 4.84. The van der Waals surface area contributed by atoms with E-state index in [2.05, 4.69) is 15.5 Å². The monoisotopic (exact) mass is 281 g/mol. The first-order valence-electron chi connectivity index (χ1n) is 6.87. The van der Waals surface area contributed by atoms with Crippen molar-refractivity contribution in [2.24, 2.45) is 0 Å². The van der Waals surface area contributed by atoms with Gasteiger partial charge in [0.15, 0.2) is 0 Å². The van der Waals surface area contributed by atoms with Crippen molar-refractivity contribution in [2.45, 2.75) is 6.42 Å². The van der Waals surface area contributed by atoms with Gasteiger partial charge in [-0.05, 0) is 25.1 Å². The van der Waals surface area contributed by atoms with Gasteiger partial charge < -0.3 is 20.6 Å². The molecule has 0 amide bonds. The molecule has 0 unspecified atom stereocenters. The van der Waals surface area contributed by atoms with E-state index in [4.69, 9.17) is 5.11 Å². The lowest BCUT2D eigenvalue weighted by Crippen LogP contribution is -2.44. The van der Waals surface area contributed by atoms with Crippen molar-refractivity contribution in [3.8, 4) is 0 Å². The fraction of sp³-hybridized carbons (Fsp3) is 0.500. The minimum Gasteiger partial charge on any atom is -0.478 e. The summed E-state index contributed by atoms with van der Waals surface area (Å²) in [6.45, 7) is 5.56. The molecule has 1 fully saturated rings. The maximum absolute atomic E-state index is 13.6. The van der Waals surface area contributed by atoms with Gasteiger partial charge in [-0.3, -0.25) is 0 Å². The third-order valence-electron chi connectivity index (χ3n) is 3.41. The van der Waals surface area contributed by atoms with Gasteiger partial charge in [-0.2, -0.15) is 0 Å². The molecule has 1 aliphatic rings. The fourth-order valence-electron chi connectivity index (χ4n) is 2.33. The number of halogens is 1. The maximum atomic E-state index is 13.6. The molecule has 0 saturated carbocycles. The number of aromatic carboxylic acids is 1. The Bertz CT molecular complexity index is 462. The van der Waals surface area contributed by atoms with Crippen molar-refractivity contribution in [3.63, 3.8) is 0 Å². The highest BCUT2D eigenvalue weighted by atomic mass is 19.1. The molecule has 1 aromatic rings. The van der Waals surface area contributed by atoms with E-state index in [1.165, 1.54) is 18.2 Å². The van der Waals surface area contributed by atoms with Gasteiger partial charge in [-0.25, -0.2) is 9.18 Å². The lowest BCUT2D eigenvalue weighted by molar-refractivity contribution is 0.0697.